The lowest BCUT2D eigenvalue weighted by atomic mass is 10.2. The minimum atomic E-state index is 0.536. The van der Waals surface area contributed by atoms with Gasteiger partial charge in [-0.05, 0) is 37.1 Å². The van der Waals surface area contributed by atoms with Crippen LogP contribution in [0.1, 0.15) is 26.5 Å². The normalized spacial score (nSPS) is 13.2. The third-order valence-electron chi connectivity index (χ3n) is 2.27. The maximum Gasteiger partial charge on any atom is 0.129 e. The fourth-order valence-electron chi connectivity index (χ4n) is 1.43. The summed E-state index contributed by atoms with van der Waals surface area (Å²) in [5.74, 6) is 2.13. The van der Waals surface area contributed by atoms with E-state index in [9.17, 15) is 0 Å². The Hall–Kier alpha value is -0.800. The van der Waals surface area contributed by atoms with Crippen molar-refractivity contribution in [3.63, 3.8) is 0 Å². The Kier molecular flexibility index (Phi) is 6.19. The standard InChI is InChI=1S/C13H23NO2/c1-11(2)7-14-8-12(3)9-15-10-13-5-4-6-16-13/h4-6,11-12,14H,7-10H2,1-3H3. The van der Waals surface area contributed by atoms with Crippen LogP contribution in [0, 0.1) is 11.8 Å². The van der Waals surface area contributed by atoms with E-state index in [2.05, 4.69) is 26.1 Å². The highest BCUT2D eigenvalue weighted by Gasteiger charge is 2.03. The maximum absolute atomic E-state index is 5.56. The summed E-state index contributed by atoms with van der Waals surface area (Å²) in [5.41, 5.74) is 0. The summed E-state index contributed by atoms with van der Waals surface area (Å²) in [7, 11) is 0. The summed E-state index contributed by atoms with van der Waals surface area (Å²) in [4.78, 5) is 0. The molecule has 1 atom stereocenters. The van der Waals surface area contributed by atoms with Gasteiger partial charge in [0.1, 0.15) is 12.4 Å². The summed E-state index contributed by atoms with van der Waals surface area (Å²) in [6.45, 7) is 10.0. The van der Waals surface area contributed by atoms with E-state index in [0.717, 1.165) is 25.5 Å². The Morgan fingerprint density at radius 3 is 2.75 bits per heavy atom. The Morgan fingerprint density at radius 2 is 2.12 bits per heavy atom. The molecule has 3 nitrogen and oxygen atoms in total. The molecule has 1 unspecified atom stereocenters. The van der Waals surface area contributed by atoms with Gasteiger partial charge in [0, 0.05) is 0 Å². The van der Waals surface area contributed by atoms with Crippen LogP contribution in [0.4, 0.5) is 0 Å². The van der Waals surface area contributed by atoms with E-state index < -0.39 is 0 Å². The lowest BCUT2D eigenvalue weighted by molar-refractivity contribution is 0.0797. The van der Waals surface area contributed by atoms with Crippen LogP contribution >= 0.6 is 0 Å². The highest BCUT2D eigenvalue weighted by molar-refractivity contribution is 4.95. The van der Waals surface area contributed by atoms with Gasteiger partial charge in [-0.2, -0.15) is 0 Å². The molecule has 0 amide bonds. The molecule has 3 heteroatoms. The molecular formula is C13H23NO2. The summed E-state index contributed by atoms with van der Waals surface area (Å²) in [6.07, 6.45) is 1.67. The Morgan fingerprint density at radius 1 is 1.31 bits per heavy atom. The van der Waals surface area contributed by atoms with Crippen molar-refractivity contribution in [1.29, 1.82) is 0 Å². The highest BCUT2D eigenvalue weighted by atomic mass is 16.5. The topological polar surface area (TPSA) is 34.4 Å². The van der Waals surface area contributed by atoms with Gasteiger partial charge >= 0.3 is 0 Å². The second-order valence-corrected chi connectivity index (χ2v) is 4.75. The van der Waals surface area contributed by atoms with E-state index >= 15 is 0 Å². The van der Waals surface area contributed by atoms with Crippen LogP contribution in [0.2, 0.25) is 0 Å². The lowest BCUT2D eigenvalue weighted by Gasteiger charge is -2.13. The van der Waals surface area contributed by atoms with Crippen LogP contribution < -0.4 is 5.32 Å². The smallest absolute Gasteiger partial charge is 0.129 e. The average Bonchev–Trinajstić information content (AvgIpc) is 2.70. The molecule has 0 aromatic carbocycles. The molecule has 1 aromatic heterocycles. The van der Waals surface area contributed by atoms with Crippen molar-refractivity contribution in [2.45, 2.75) is 27.4 Å². The maximum atomic E-state index is 5.56. The van der Waals surface area contributed by atoms with Gasteiger partial charge in [-0.15, -0.1) is 0 Å². The molecule has 0 bridgehead atoms. The van der Waals surface area contributed by atoms with Crippen molar-refractivity contribution < 1.29 is 9.15 Å². The van der Waals surface area contributed by atoms with E-state index in [-0.39, 0.29) is 0 Å². The quantitative estimate of drug-likeness (QED) is 0.738. The van der Waals surface area contributed by atoms with E-state index in [1.807, 2.05) is 12.1 Å². The molecule has 0 spiro atoms. The van der Waals surface area contributed by atoms with E-state index in [1.165, 1.54) is 0 Å². The molecule has 1 rings (SSSR count). The van der Waals surface area contributed by atoms with Gasteiger partial charge in [-0.25, -0.2) is 0 Å². The molecule has 0 aliphatic heterocycles. The molecule has 1 heterocycles. The first-order valence-electron chi connectivity index (χ1n) is 5.99. The summed E-state index contributed by atoms with van der Waals surface area (Å²) in [6, 6.07) is 3.81. The Labute approximate surface area is 98.2 Å². The van der Waals surface area contributed by atoms with Gasteiger partial charge in [-0.1, -0.05) is 20.8 Å². The molecule has 0 aliphatic carbocycles. The van der Waals surface area contributed by atoms with Crippen molar-refractivity contribution in [3.8, 4) is 0 Å². The number of rotatable bonds is 8. The fraction of sp³-hybridized carbons (Fsp3) is 0.692. The van der Waals surface area contributed by atoms with Gasteiger partial charge in [0.05, 0.1) is 12.9 Å². The number of nitrogens with one attached hydrogen (secondary N) is 1. The Balaban J connectivity index is 2.00. The van der Waals surface area contributed by atoms with E-state index in [4.69, 9.17) is 9.15 Å². The predicted octanol–water partition coefficient (Wildman–Crippen LogP) is 2.68. The minimum Gasteiger partial charge on any atom is -0.467 e. The Bertz CT molecular complexity index is 257. The van der Waals surface area contributed by atoms with Gasteiger partial charge in [0.25, 0.3) is 0 Å². The zero-order chi connectivity index (χ0) is 11.8. The molecule has 0 saturated carbocycles. The van der Waals surface area contributed by atoms with Crippen LogP contribution in [0.15, 0.2) is 22.8 Å². The number of ether oxygens (including phenoxy) is 1. The van der Waals surface area contributed by atoms with Crippen LogP contribution in [0.5, 0.6) is 0 Å². The summed E-state index contributed by atoms with van der Waals surface area (Å²) in [5, 5.41) is 3.42. The third-order valence-corrected chi connectivity index (χ3v) is 2.27. The summed E-state index contributed by atoms with van der Waals surface area (Å²) < 4.78 is 10.8. The van der Waals surface area contributed by atoms with Crippen molar-refractivity contribution >= 4 is 0 Å². The van der Waals surface area contributed by atoms with Gasteiger partial charge in [0.15, 0.2) is 0 Å². The third kappa shape index (κ3) is 5.93. The van der Waals surface area contributed by atoms with Crippen molar-refractivity contribution in [2.24, 2.45) is 11.8 Å². The molecule has 92 valence electrons. The van der Waals surface area contributed by atoms with Crippen LogP contribution in [-0.4, -0.2) is 19.7 Å². The molecule has 1 N–H and O–H groups in total. The number of hydrogen-bond donors (Lipinski definition) is 1. The van der Waals surface area contributed by atoms with Crippen LogP contribution in [0.25, 0.3) is 0 Å². The molecule has 0 fully saturated rings. The second kappa shape index (κ2) is 7.47. The predicted molar refractivity (Wildman–Crippen MR) is 65.2 cm³/mol. The van der Waals surface area contributed by atoms with Crippen molar-refractivity contribution in [3.05, 3.63) is 24.2 Å². The zero-order valence-electron chi connectivity index (χ0n) is 10.5. The highest BCUT2D eigenvalue weighted by Crippen LogP contribution is 2.03. The average molecular weight is 225 g/mol. The fourth-order valence-corrected chi connectivity index (χ4v) is 1.43. The van der Waals surface area contributed by atoms with Gasteiger partial charge in [-0.3, -0.25) is 0 Å². The monoisotopic (exact) mass is 225 g/mol. The van der Waals surface area contributed by atoms with Crippen LogP contribution in [-0.2, 0) is 11.3 Å². The molecular weight excluding hydrogens is 202 g/mol. The first kappa shape index (κ1) is 13.3. The number of hydrogen-bond acceptors (Lipinski definition) is 3. The van der Waals surface area contributed by atoms with Gasteiger partial charge < -0.3 is 14.5 Å². The van der Waals surface area contributed by atoms with Gasteiger partial charge in [0.2, 0.25) is 0 Å². The molecule has 16 heavy (non-hydrogen) atoms. The molecule has 0 radical (unpaired) electrons. The second-order valence-electron chi connectivity index (χ2n) is 4.75. The van der Waals surface area contributed by atoms with Crippen molar-refractivity contribution in [1.82, 2.24) is 5.32 Å². The molecule has 1 aromatic rings. The van der Waals surface area contributed by atoms with Crippen molar-refractivity contribution in [2.75, 3.05) is 19.7 Å². The van der Waals surface area contributed by atoms with E-state index in [0.29, 0.717) is 18.4 Å². The molecule has 0 saturated heterocycles. The SMILES string of the molecule is CC(C)CNCC(C)COCc1ccco1. The minimum absolute atomic E-state index is 0.536. The van der Waals surface area contributed by atoms with Crippen LogP contribution in [0.3, 0.4) is 0 Å². The first-order valence-corrected chi connectivity index (χ1v) is 5.99. The zero-order valence-corrected chi connectivity index (χ0v) is 10.5. The largest absolute Gasteiger partial charge is 0.467 e. The lowest BCUT2D eigenvalue weighted by Crippen LogP contribution is -2.27. The van der Waals surface area contributed by atoms with E-state index in [1.54, 1.807) is 6.26 Å². The first-order chi connectivity index (χ1) is 7.68. The summed E-state index contributed by atoms with van der Waals surface area (Å²) >= 11 is 0. The number of furan rings is 1. The molecule has 0 aliphatic rings.